The van der Waals surface area contributed by atoms with Gasteiger partial charge in [0.05, 0.1) is 24.7 Å². The summed E-state index contributed by atoms with van der Waals surface area (Å²) >= 11 is 0. The molecule has 0 aliphatic carbocycles. The van der Waals surface area contributed by atoms with E-state index < -0.39 is 15.9 Å². The van der Waals surface area contributed by atoms with Gasteiger partial charge in [0.2, 0.25) is 15.9 Å². The zero-order valence-electron chi connectivity index (χ0n) is 19.1. The molecule has 1 saturated heterocycles. The number of nitrogens with zero attached hydrogens (tertiary/aromatic N) is 2. The lowest BCUT2D eigenvalue weighted by Crippen LogP contribution is -2.36. The molecule has 2 N–H and O–H groups in total. The van der Waals surface area contributed by atoms with Crippen molar-refractivity contribution >= 4 is 33.2 Å². The van der Waals surface area contributed by atoms with Crippen molar-refractivity contribution in [2.75, 3.05) is 50.1 Å². The molecule has 0 aromatic heterocycles. The SMILES string of the molecule is CC(C)NS(=O)(=O)c1cccc(C(=O)N(C)CC(=O)Nc2ccc(N3CCOCC3)cc2)c1. The molecule has 1 aliphatic rings. The minimum Gasteiger partial charge on any atom is -0.378 e. The summed E-state index contributed by atoms with van der Waals surface area (Å²) in [5.41, 5.74) is 1.88. The number of ether oxygens (including phenoxy) is 1. The van der Waals surface area contributed by atoms with Gasteiger partial charge in [-0.2, -0.15) is 0 Å². The normalized spacial score (nSPS) is 14.2. The Morgan fingerprint density at radius 3 is 2.39 bits per heavy atom. The first-order chi connectivity index (χ1) is 15.7. The number of morpholine rings is 1. The summed E-state index contributed by atoms with van der Waals surface area (Å²) < 4.78 is 32.6. The summed E-state index contributed by atoms with van der Waals surface area (Å²) in [5.74, 6) is -0.801. The van der Waals surface area contributed by atoms with Gasteiger partial charge in [-0.3, -0.25) is 9.59 Å². The van der Waals surface area contributed by atoms with E-state index >= 15 is 0 Å². The number of rotatable bonds is 8. The summed E-state index contributed by atoms with van der Waals surface area (Å²) in [5, 5.41) is 2.78. The van der Waals surface area contributed by atoms with Gasteiger partial charge in [0.25, 0.3) is 5.91 Å². The number of amides is 2. The third-order valence-corrected chi connectivity index (χ3v) is 6.69. The smallest absolute Gasteiger partial charge is 0.254 e. The first-order valence-corrected chi connectivity index (χ1v) is 12.2. The Hall–Kier alpha value is -2.95. The van der Waals surface area contributed by atoms with Crippen LogP contribution >= 0.6 is 0 Å². The lowest BCUT2D eigenvalue weighted by molar-refractivity contribution is -0.116. The minimum atomic E-state index is -3.73. The van der Waals surface area contributed by atoms with Crippen LogP contribution in [0.5, 0.6) is 0 Å². The average Bonchev–Trinajstić information content (AvgIpc) is 2.79. The van der Waals surface area contributed by atoms with Crippen LogP contribution in [0.15, 0.2) is 53.4 Å². The van der Waals surface area contributed by atoms with Crippen LogP contribution in [0.1, 0.15) is 24.2 Å². The van der Waals surface area contributed by atoms with Crippen molar-refractivity contribution in [2.45, 2.75) is 24.8 Å². The van der Waals surface area contributed by atoms with Crippen LogP contribution < -0.4 is 14.9 Å². The van der Waals surface area contributed by atoms with Crippen molar-refractivity contribution < 1.29 is 22.7 Å². The van der Waals surface area contributed by atoms with E-state index in [1.54, 1.807) is 13.8 Å². The Balaban J connectivity index is 1.59. The monoisotopic (exact) mass is 474 g/mol. The van der Waals surface area contributed by atoms with Gasteiger partial charge in [-0.15, -0.1) is 0 Å². The predicted octanol–water partition coefficient (Wildman–Crippen LogP) is 1.92. The lowest BCUT2D eigenvalue weighted by atomic mass is 10.2. The molecule has 178 valence electrons. The molecule has 0 saturated carbocycles. The van der Waals surface area contributed by atoms with E-state index in [2.05, 4.69) is 14.9 Å². The Labute approximate surface area is 194 Å². The highest BCUT2D eigenvalue weighted by Crippen LogP contribution is 2.19. The fourth-order valence-electron chi connectivity index (χ4n) is 3.46. The quantitative estimate of drug-likeness (QED) is 0.605. The van der Waals surface area contributed by atoms with Crippen molar-refractivity contribution in [1.29, 1.82) is 0 Å². The molecular weight excluding hydrogens is 444 g/mol. The molecule has 1 fully saturated rings. The van der Waals surface area contributed by atoms with Gasteiger partial charge in [-0.1, -0.05) is 6.07 Å². The summed E-state index contributed by atoms with van der Waals surface area (Å²) in [6.07, 6.45) is 0. The van der Waals surface area contributed by atoms with E-state index in [0.29, 0.717) is 18.9 Å². The van der Waals surface area contributed by atoms with Crippen LogP contribution in [0.25, 0.3) is 0 Å². The highest BCUT2D eigenvalue weighted by atomic mass is 32.2. The van der Waals surface area contributed by atoms with E-state index in [1.165, 1.54) is 36.2 Å². The third kappa shape index (κ3) is 6.77. The lowest BCUT2D eigenvalue weighted by Gasteiger charge is -2.28. The van der Waals surface area contributed by atoms with Crippen molar-refractivity contribution in [3.8, 4) is 0 Å². The standard InChI is InChI=1S/C23H30N4O5S/c1-17(2)25-33(30,31)21-6-4-5-18(15-21)23(29)26(3)16-22(28)24-19-7-9-20(10-8-19)27-11-13-32-14-12-27/h4-10,15,17,25H,11-14,16H2,1-3H3,(H,24,28). The molecule has 2 amide bonds. The molecule has 2 aromatic rings. The second-order valence-corrected chi connectivity index (χ2v) is 9.87. The van der Waals surface area contributed by atoms with Crippen molar-refractivity contribution in [3.63, 3.8) is 0 Å². The van der Waals surface area contributed by atoms with Gasteiger partial charge in [0.1, 0.15) is 0 Å². The number of sulfonamides is 1. The van der Waals surface area contributed by atoms with Crippen LogP contribution in [0, 0.1) is 0 Å². The van der Waals surface area contributed by atoms with Crippen LogP contribution in [0.2, 0.25) is 0 Å². The Morgan fingerprint density at radius 1 is 1.09 bits per heavy atom. The van der Waals surface area contributed by atoms with Gasteiger partial charge in [0.15, 0.2) is 0 Å². The van der Waals surface area contributed by atoms with E-state index in [-0.39, 0.29) is 29.0 Å². The number of carbonyl (C=O) groups is 2. The molecule has 0 spiro atoms. The fraction of sp³-hybridized carbons (Fsp3) is 0.391. The summed E-state index contributed by atoms with van der Waals surface area (Å²) in [7, 11) is -2.23. The Bertz CT molecular complexity index is 1080. The molecular formula is C23H30N4O5S. The van der Waals surface area contributed by atoms with E-state index in [0.717, 1.165) is 18.8 Å². The Kier molecular flexibility index (Phi) is 8.06. The number of nitrogens with one attached hydrogen (secondary N) is 2. The molecule has 0 atom stereocenters. The first kappa shape index (κ1) is 24.7. The zero-order valence-corrected chi connectivity index (χ0v) is 19.9. The van der Waals surface area contributed by atoms with Gasteiger partial charge in [0, 0.05) is 43.1 Å². The second kappa shape index (κ2) is 10.8. The van der Waals surface area contributed by atoms with Crippen LogP contribution in [-0.2, 0) is 19.6 Å². The maximum atomic E-state index is 12.8. The molecule has 2 aromatic carbocycles. The van der Waals surface area contributed by atoms with Crippen LogP contribution in [0.3, 0.4) is 0 Å². The molecule has 1 aliphatic heterocycles. The Morgan fingerprint density at radius 2 is 1.76 bits per heavy atom. The number of anilines is 2. The number of hydrogen-bond acceptors (Lipinski definition) is 6. The van der Waals surface area contributed by atoms with E-state index in [4.69, 9.17) is 4.74 Å². The van der Waals surface area contributed by atoms with Crippen LogP contribution in [0.4, 0.5) is 11.4 Å². The largest absolute Gasteiger partial charge is 0.378 e. The molecule has 10 heteroatoms. The molecule has 9 nitrogen and oxygen atoms in total. The molecule has 33 heavy (non-hydrogen) atoms. The summed E-state index contributed by atoms with van der Waals surface area (Å²) in [6, 6.07) is 13.0. The van der Waals surface area contributed by atoms with Gasteiger partial charge in [-0.05, 0) is 56.3 Å². The average molecular weight is 475 g/mol. The minimum absolute atomic E-state index is 0.000240. The molecule has 0 unspecified atom stereocenters. The number of carbonyl (C=O) groups excluding carboxylic acids is 2. The van der Waals surface area contributed by atoms with Gasteiger partial charge >= 0.3 is 0 Å². The third-order valence-electron chi connectivity index (χ3n) is 5.04. The van der Waals surface area contributed by atoms with E-state index in [1.807, 2.05) is 24.3 Å². The first-order valence-electron chi connectivity index (χ1n) is 10.8. The highest BCUT2D eigenvalue weighted by Gasteiger charge is 2.20. The number of hydrogen-bond donors (Lipinski definition) is 2. The molecule has 0 radical (unpaired) electrons. The van der Waals surface area contributed by atoms with Crippen molar-refractivity contribution in [2.24, 2.45) is 0 Å². The summed E-state index contributed by atoms with van der Waals surface area (Å²) in [6.45, 7) is 6.31. The van der Waals surface area contributed by atoms with Gasteiger partial charge in [-0.25, -0.2) is 13.1 Å². The zero-order chi connectivity index (χ0) is 24.0. The second-order valence-electron chi connectivity index (χ2n) is 8.16. The molecule has 3 rings (SSSR count). The van der Waals surface area contributed by atoms with Gasteiger partial charge < -0.3 is 19.9 Å². The van der Waals surface area contributed by atoms with E-state index in [9.17, 15) is 18.0 Å². The predicted molar refractivity (Wildman–Crippen MR) is 127 cm³/mol. The molecule has 1 heterocycles. The highest BCUT2D eigenvalue weighted by molar-refractivity contribution is 7.89. The number of likely N-dealkylation sites (N-methyl/N-ethyl adjacent to an activating group) is 1. The maximum absolute atomic E-state index is 12.8. The number of benzene rings is 2. The topological polar surface area (TPSA) is 108 Å². The van der Waals surface area contributed by atoms with Crippen molar-refractivity contribution in [3.05, 3.63) is 54.1 Å². The maximum Gasteiger partial charge on any atom is 0.254 e. The van der Waals surface area contributed by atoms with Crippen LogP contribution in [-0.4, -0.2) is 71.1 Å². The molecule has 0 bridgehead atoms. The summed E-state index contributed by atoms with van der Waals surface area (Å²) in [4.78, 5) is 28.7. The van der Waals surface area contributed by atoms with Crippen molar-refractivity contribution in [1.82, 2.24) is 9.62 Å². The fourth-order valence-corrected chi connectivity index (χ4v) is 4.76.